The van der Waals surface area contributed by atoms with Gasteiger partial charge in [0, 0.05) is 23.7 Å². The molecule has 0 bridgehead atoms. The highest BCUT2D eigenvalue weighted by Gasteiger charge is 2.13. The first-order valence-electron chi connectivity index (χ1n) is 6.76. The Morgan fingerprint density at radius 1 is 1.38 bits per heavy atom. The zero-order valence-electron chi connectivity index (χ0n) is 12.7. The van der Waals surface area contributed by atoms with E-state index in [4.69, 9.17) is 9.84 Å². The number of nitrogens with one attached hydrogen (secondary N) is 1. The molecule has 1 heterocycles. The van der Waals surface area contributed by atoms with Crippen molar-refractivity contribution in [2.45, 2.75) is 12.4 Å². The topological polar surface area (TPSA) is 118 Å². The Labute approximate surface area is 144 Å². The van der Waals surface area contributed by atoms with Crippen LogP contribution in [0.15, 0.2) is 24.3 Å². The van der Waals surface area contributed by atoms with Crippen LogP contribution in [-0.4, -0.2) is 44.3 Å². The third kappa shape index (κ3) is 5.48. The summed E-state index contributed by atoms with van der Waals surface area (Å²) < 4.78 is 17.0. The molecule has 1 unspecified atom stereocenters. The summed E-state index contributed by atoms with van der Waals surface area (Å²) in [6.45, 7) is 0.305. The molecule has 0 saturated carbocycles. The molecule has 0 aliphatic heterocycles. The molecule has 1 amide bonds. The first kappa shape index (κ1) is 18.2. The molecule has 24 heavy (non-hydrogen) atoms. The van der Waals surface area contributed by atoms with Crippen LogP contribution >= 0.6 is 11.3 Å². The van der Waals surface area contributed by atoms with Crippen LogP contribution < -0.4 is 5.32 Å². The monoisotopic (exact) mass is 369 g/mol. The number of amides is 1. The highest BCUT2D eigenvalue weighted by molar-refractivity contribution is 7.84. The van der Waals surface area contributed by atoms with Gasteiger partial charge in [-0.15, -0.1) is 10.2 Å². The van der Waals surface area contributed by atoms with E-state index in [1.807, 2.05) is 0 Å². The van der Waals surface area contributed by atoms with Crippen LogP contribution in [0.2, 0.25) is 0 Å². The van der Waals surface area contributed by atoms with Crippen LogP contribution in [0.4, 0.5) is 5.13 Å². The lowest BCUT2D eigenvalue weighted by Gasteiger charge is -2.04. The minimum absolute atomic E-state index is 0.0968. The van der Waals surface area contributed by atoms with Crippen molar-refractivity contribution in [1.82, 2.24) is 10.2 Å². The van der Waals surface area contributed by atoms with Crippen molar-refractivity contribution < 1.29 is 23.6 Å². The lowest BCUT2D eigenvalue weighted by molar-refractivity contribution is -0.113. The summed E-state index contributed by atoms with van der Waals surface area (Å²) in [6.07, 6.45) is 0. The molecular formula is C14H15N3O5S2. The number of aromatic carboxylic acids is 1. The van der Waals surface area contributed by atoms with Gasteiger partial charge in [-0.25, -0.2) is 4.79 Å². The lowest BCUT2D eigenvalue weighted by atomic mass is 10.1. The summed E-state index contributed by atoms with van der Waals surface area (Å²) >= 11 is 1.18. The summed E-state index contributed by atoms with van der Waals surface area (Å²) in [4.78, 5) is 22.8. The zero-order valence-corrected chi connectivity index (χ0v) is 14.4. The van der Waals surface area contributed by atoms with Crippen molar-refractivity contribution in [3.63, 3.8) is 0 Å². The van der Waals surface area contributed by atoms with Gasteiger partial charge < -0.3 is 9.84 Å². The maximum atomic E-state index is 12.1. The molecule has 0 saturated heterocycles. The van der Waals surface area contributed by atoms with E-state index in [1.165, 1.54) is 30.6 Å². The molecule has 1 atom stereocenters. The first-order valence-corrected chi connectivity index (χ1v) is 9.06. The molecule has 2 rings (SSSR count). The Morgan fingerprint density at radius 2 is 2.17 bits per heavy atom. The molecule has 128 valence electrons. The number of hydrogen-bond acceptors (Lipinski definition) is 7. The number of carbonyl (C=O) groups excluding carboxylic acids is 1. The van der Waals surface area contributed by atoms with E-state index < -0.39 is 22.7 Å². The third-order valence-corrected chi connectivity index (χ3v) is 4.83. The Bertz CT molecular complexity index is 762. The van der Waals surface area contributed by atoms with Crippen LogP contribution in [0.1, 0.15) is 20.9 Å². The van der Waals surface area contributed by atoms with Gasteiger partial charge in [0.2, 0.25) is 11.0 Å². The number of aromatic nitrogens is 2. The summed E-state index contributed by atoms with van der Waals surface area (Å²) in [7, 11) is 0.0639. The smallest absolute Gasteiger partial charge is 0.335 e. The second-order valence-electron chi connectivity index (χ2n) is 4.72. The van der Waals surface area contributed by atoms with E-state index in [0.717, 1.165) is 0 Å². The van der Waals surface area contributed by atoms with Gasteiger partial charge in [-0.05, 0) is 17.7 Å². The van der Waals surface area contributed by atoms with Gasteiger partial charge >= 0.3 is 5.97 Å². The molecule has 0 aliphatic rings. The SMILES string of the molecule is COCc1nnc(NC(=O)CS(=O)Cc2cccc(C(=O)O)c2)s1. The van der Waals surface area contributed by atoms with Crippen molar-refractivity contribution >= 4 is 39.1 Å². The quantitative estimate of drug-likeness (QED) is 0.719. The number of nitrogens with zero attached hydrogens (tertiary/aromatic N) is 2. The Balaban J connectivity index is 1.88. The van der Waals surface area contributed by atoms with Crippen molar-refractivity contribution in [3.05, 3.63) is 40.4 Å². The number of methoxy groups -OCH3 is 1. The van der Waals surface area contributed by atoms with E-state index in [0.29, 0.717) is 22.3 Å². The molecule has 2 aromatic rings. The highest BCUT2D eigenvalue weighted by atomic mass is 32.2. The van der Waals surface area contributed by atoms with Gasteiger partial charge in [-0.1, -0.05) is 23.5 Å². The van der Waals surface area contributed by atoms with E-state index in [9.17, 15) is 13.8 Å². The number of carboxylic acids is 1. The van der Waals surface area contributed by atoms with E-state index in [-0.39, 0.29) is 17.1 Å². The summed E-state index contributed by atoms with van der Waals surface area (Å²) in [5.41, 5.74) is 0.716. The minimum Gasteiger partial charge on any atom is -0.478 e. The molecular weight excluding hydrogens is 354 g/mol. The van der Waals surface area contributed by atoms with Crippen LogP contribution in [0.5, 0.6) is 0 Å². The van der Waals surface area contributed by atoms with Gasteiger partial charge in [-0.3, -0.25) is 14.3 Å². The van der Waals surface area contributed by atoms with E-state index in [1.54, 1.807) is 12.1 Å². The number of rotatable bonds is 8. The van der Waals surface area contributed by atoms with Crippen molar-refractivity contribution in [2.24, 2.45) is 0 Å². The molecule has 8 nitrogen and oxygen atoms in total. The van der Waals surface area contributed by atoms with Crippen LogP contribution in [-0.2, 0) is 32.7 Å². The van der Waals surface area contributed by atoms with E-state index >= 15 is 0 Å². The number of hydrogen-bond donors (Lipinski definition) is 2. The van der Waals surface area contributed by atoms with Gasteiger partial charge in [-0.2, -0.15) is 0 Å². The molecule has 0 spiro atoms. The van der Waals surface area contributed by atoms with Crippen LogP contribution in [0.3, 0.4) is 0 Å². The summed E-state index contributed by atoms with van der Waals surface area (Å²) in [5, 5.41) is 20.0. The van der Waals surface area contributed by atoms with Gasteiger partial charge in [0.05, 0.1) is 5.56 Å². The average Bonchev–Trinajstić information content (AvgIpc) is 2.94. The Morgan fingerprint density at radius 3 is 2.88 bits per heavy atom. The average molecular weight is 369 g/mol. The predicted molar refractivity (Wildman–Crippen MR) is 89.4 cm³/mol. The van der Waals surface area contributed by atoms with Crippen molar-refractivity contribution in [2.75, 3.05) is 18.2 Å². The standard InChI is InChI=1S/C14H15N3O5S2/c1-22-6-12-16-17-14(23-12)15-11(18)8-24(21)7-9-3-2-4-10(5-9)13(19)20/h2-5H,6-8H2,1H3,(H,19,20)(H,15,17,18). The van der Waals surface area contributed by atoms with Crippen molar-refractivity contribution in [3.8, 4) is 0 Å². The third-order valence-electron chi connectivity index (χ3n) is 2.77. The normalized spacial score (nSPS) is 11.9. The highest BCUT2D eigenvalue weighted by Crippen LogP contribution is 2.15. The number of carboxylic acid groups (broad SMARTS) is 1. The molecule has 1 aromatic heterocycles. The number of carbonyl (C=O) groups is 2. The lowest BCUT2D eigenvalue weighted by Crippen LogP contribution is -2.20. The maximum absolute atomic E-state index is 12.1. The second-order valence-corrected chi connectivity index (χ2v) is 7.24. The summed E-state index contributed by atoms with van der Waals surface area (Å²) in [6, 6.07) is 6.15. The van der Waals surface area contributed by atoms with Crippen LogP contribution in [0, 0.1) is 0 Å². The van der Waals surface area contributed by atoms with E-state index in [2.05, 4.69) is 15.5 Å². The Hall–Kier alpha value is -2.17. The Kier molecular flexibility index (Phi) is 6.53. The zero-order chi connectivity index (χ0) is 17.5. The first-order chi connectivity index (χ1) is 11.5. The van der Waals surface area contributed by atoms with Crippen molar-refractivity contribution in [1.29, 1.82) is 0 Å². The molecule has 10 heteroatoms. The molecule has 0 fully saturated rings. The number of anilines is 1. The molecule has 0 aliphatic carbocycles. The fourth-order valence-corrected chi connectivity index (χ4v) is 3.56. The number of benzene rings is 1. The predicted octanol–water partition coefficient (Wildman–Crippen LogP) is 1.27. The number of ether oxygens (including phenoxy) is 1. The molecule has 2 N–H and O–H groups in total. The fourth-order valence-electron chi connectivity index (χ4n) is 1.82. The van der Waals surface area contributed by atoms with Gasteiger partial charge in [0.1, 0.15) is 17.4 Å². The second kappa shape index (κ2) is 8.62. The van der Waals surface area contributed by atoms with Gasteiger partial charge in [0.15, 0.2) is 0 Å². The minimum atomic E-state index is -1.47. The molecule has 1 aromatic carbocycles. The fraction of sp³-hybridized carbons (Fsp3) is 0.286. The van der Waals surface area contributed by atoms with Gasteiger partial charge in [0.25, 0.3) is 0 Å². The maximum Gasteiger partial charge on any atom is 0.335 e. The molecule has 0 radical (unpaired) electrons. The summed E-state index contributed by atoms with van der Waals surface area (Å²) in [5.74, 6) is -1.61. The van der Waals surface area contributed by atoms with Crippen LogP contribution in [0.25, 0.3) is 0 Å². The largest absolute Gasteiger partial charge is 0.478 e.